The lowest BCUT2D eigenvalue weighted by molar-refractivity contribution is -0.126. The number of H-pyrrole nitrogens is 1. The number of fused-ring (bicyclic) bond motifs is 1. The topological polar surface area (TPSA) is 109 Å². The molecule has 1 aliphatic heterocycles. The van der Waals surface area contributed by atoms with E-state index in [1.54, 1.807) is 30.4 Å². The van der Waals surface area contributed by atoms with Crippen molar-refractivity contribution >= 4 is 29.8 Å². The number of imidazole rings is 1. The predicted molar refractivity (Wildman–Crippen MR) is 118 cm³/mol. The van der Waals surface area contributed by atoms with Gasteiger partial charge in [0.1, 0.15) is 5.75 Å². The molecule has 0 fully saturated rings. The van der Waals surface area contributed by atoms with Crippen molar-refractivity contribution in [1.82, 2.24) is 15.0 Å². The van der Waals surface area contributed by atoms with E-state index >= 15 is 0 Å². The zero-order valence-electron chi connectivity index (χ0n) is 16.2. The molecule has 8 nitrogen and oxygen atoms in total. The maximum Gasteiger partial charge on any atom is 0.349 e. The van der Waals surface area contributed by atoms with Gasteiger partial charge >= 0.3 is 5.69 Å². The van der Waals surface area contributed by atoms with Gasteiger partial charge in [-0.2, -0.15) is 9.78 Å². The Hall–Kier alpha value is -3.78. The minimum atomic E-state index is -0.820. The Morgan fingerprint density at radius 3 is 2.87 bits per heavy atom. The normalized spacial score (nSPS) is 16.0. The van der Waals surface area contributed by atoms with E-state index in [1.165, 1.54) is 6.21 Å². The van der Waals surface area contributed by atoms with Gasteiger partial charge in [0.25, 0.3) is 5.91 Å². The first-order chi connectivity index (χ1) is 15.0. The van der Waals surface area contributed by atoms with Crippen LogP contribution in [-0.4, -0.2) is 39.0 Å². The number of hydrogen-bond donors (Lipinski definition) is 3. The summed E-state index contributed by atoms with van der Waals surface area (Å²) in [6, 6.07) is 14.2. The number of carbonyl (C=O) groups is 1. The van der Waals surface area contributed by atoms with E-state index in [0.717, 1.165) is 22.0 Å². The molecule has 3 aromatic rings. The van der Waals surface area contributed by atoms with Crippen LogP contribution < -0.4 is 15.7 Å². The number of nitrogens with zero attached hydrogens (tertiary/aromatic N) is 2. The average molecular weight is 439 g/mol. The highest BCUT2D eigenvalue weighted by Gasteiger charge is 2.24. The Morgan fingerprint density at radius 1 is 1.32 bits per heavy atom. The largest absolute Gasteiger partial charge is 0.493 e. The van der Waals surface area contributed by atoms with Gasteiger partial charge in [0, 0.05) is 16.8 Å². The van der Waals surface area contributed by atoms with Gasteiger partial charge in [0.15, 0.2) is 6.10 Å². The van der Waals surface area contributed by atoms with E-state index in [2.05, 4.69) is 15.4 Å². The van der Waals surface area contributed by atoms with Gasteiger partial charge in [-0.3, -0.25) is 9.78 Å². The van der Waals surface area contributed by atoms with E-state index in [0.29, 0.717) is 17.2 Å². The Labute approximate surface area is 182 Å². The highest BCUT2D eigenvalue weighted by atomic mass is 35.5. The van der Waals surface area contributed by atoms with Gasteiger partial charge in [-0.1, -0.05) is 48.0 Å². The monoisotopic (exact) mass is 438 g/mol. The molecule has 0 radical (unpaired) electrons. The quantitative estimate of drug-likeness (QED) is 0.514. The first-order valence-corrected chi connectivity index (χ1v) is 9.89. The lowest BCUT2D eigenvalue weighted by atomic mass is 10.1. The highest BCUT2D eigenvalue weighted by molar-refractivity contribution is 6.30. The summed E-state index contributed by atoms with van der Waals surface area (Å²) in [5.74, 6) is -0.0894. The Bertz CT molecular complexity index is 1200. The standard InChI is InChI=1S/C22H19ClN4O4/c23-16-7-9-18-15(11-16)6-8-19(31-18)21(29)25-17(10-14-4-2-1-3-5-14)12-24-27-13-20(28)26-22(27)30/h1-9,11-13,17,19,28H,10H2,(H,25,29)(H,26,30). The van der Waals surface area contributed by atoms with E-state index in [9.17, 15) is 14.7 Å². The second-order valence-electron chi connectivity index (χ2n) is 6.94. The van der Waals surface area contributed by atoms with E-state index < -0.39 is 17.8 Å². The van der Waals surface area contributed by atoms with Crippen LogP contribution in [0.2, 0.25) is 5.02 Å². The molecule has 1 aliphatic rings. The number of ether oxygens (including phenoxy) is 1. The molecule has 2 unspecified atom stereocenters. The molecule has 0 spiro atoms. The fourth-order valence-electron chi connectivity index (χ4n) is 3.15. The molecule has 4 rings (SSSR count). The van der Waals surface area contributed by atoms with Crippen molar-refractivity contribution in [2.24, 2.45) is 5.10 Å². The number of hydrogen-bond acceptors (Lipinski definition) is 5. The molecule has 3 N–H and O–H groups in total. The van der Waals surface area contributed by atoms with E-state index in [4.69, 9.17) is 16.3 Å². The fourth-order valence-corrected chi connectivity index (χ4v) is 3.33. The second kappa shape index (κ2) is 8.93. The summed E-state index contributed by atoms with van der Waals surface area (Å²) in [6.45, 7) is 0. The van der Waals surface area contributed by atoms with E-state index in [-0.39, 0.29) is 11.8 Å². The number of aromatic amines is 1. The lowest BCUT2D eigenvalue weighted by Crippen LogP contribution is -2.45. The molecule has 1 amide bonds. The van der Waals surface area contributed by atoms with Crippen molar-refractivity contribution in [3.63, 3.8) is 0 Å². The molecular formula is C22H19ClN4O4. The molecule has 2 atom stereocenters. The summed E-state index contributed by atoms with van der Waals surface area (Å²) in [5.41, 5.74) is 1.18. The van der Waals surface area contributed by atoms with Crippen LogP contribution in [0.3, 0.4) is 0 Å². The molecule has 0 bridgehead atoms. The summed E-state index contributed by atoms with van der Waals surface area (Å²) >= 11 is 5.99. The Morgan fingerprint density at radius 2 is 2.13 bits per heavy atom. The minimum Gasteiger partial charge on any atom is -0.493 e. The summed E-state index contributed by atoms with van der Waals surface area (Å²) in [4.78, 5) is 26.8. The van der Waals surface area contributed by atoms with Crippen molar-refractivity contribution in [2.45, 2.75) is 18.6 Å². The zero-order valence-corrected chi connectivity index (χ0v) is 17.0. The van der Waals surface area contributed by atoms with E-state index in [1.807, 2.05) is 30.3 Å². The molecule has 0 saturated heterocycles. The number of amides is 1. The van der Waals surface area contributed by atoms with Gasteiger partial charge in [0.05, 0.1) is 12.2 Å². The lowest BCUT2D eigenvalue weighted by Gasteiger charge is -2.23. The minimum absolute atomic E-state index is 0.301. The van der Waals surface area contributed by atoms with Gasteiger partial charge < -0.3 is 15.2 Å². The summed E-state index contributed by atoms with van der Waals surface area (Å²) in [7, 11) is 0. The van der Waals surface area contributed by atoms with Crippen LogP contribution in [-0.2, 0) is 11.2 Å². The number of nitrogens with one attached hydrogen (secondary N) is 2. The van der Waals surface area contributed by atoms with Crippen LogP contribution in [0.1, 0.15) is 11.1 Å². The third-order valence-corrected chi connectivity index (χ3v) is 4.85. The molecule has 1 aromatic heterocycles. The smallest absolute Gasteiger partial charge is 0.349 e. The van der Waals surface area contributed by atoms with Crippen LogP contribution in [0.25, 0.3) is 6.08 Å². The molecule has 31 heavy (non-hydrogen) atoms. The number of rotatable bonds is 6. The van der Waals surface area contributed by atoms with Crippen LogP contribution in [0.5, 0.6) is 11.6 Å². The molecule has 2 aromatic carbocycles. The third-order valence-electron chi connectivity index (χ3n) is 4.62. The summed E-state index contributed by atoms with van der Waals surface area (Å²) < 4.78 is 6.74. The molecular weight excluding hydrogens is 420 g/mol. The molecule has 2 heterocycles. The first-order valence-electron chi connectivity index (χ1n) is 9.52. The molecule has 0 saturated carbocycles. The van der Waals surface area contributed by atoms with Crippen molar-refractivity contribution in [3.05, 3.63) is 87.4 Å². The SMILES string of the molecule is O=C(NC(C=Nn1cc(O)[nH]c1=O)Cc1ccccc1)C1C=Cc2cc(Cl)ccc2O1. The number of aromatic hydroxyl groups is 1. The predicted octanol–water partition coefficient (Wildman–Crippen LogP) is 2.57. The van der Waals surface area contributed by atoms with Crippen molar-refractivity contribution in [3.8, 4) is 11.6 Å². The molecule has 0 aliphatic carbocycles. The summed E-state index contributed by atoms with van der Waals surface area (Å²) in [5, 5.41) is 16.9. The summed E-state index contributed by atoms with van der Waals surface area (Å²) in [6.07, 6.45) is 5.66. The van der Waals surface area contributed by atoms with Crippen molar-refractivity contribution in [2.75, 3.05) is 0 Å². The number of carbonyl (C=O) groups excluding carboxylic acids is 1. The average Bonchev–Trinajstić information content (AvgIpc) is 3.09. The van der Waals surface area contributed by atoms with Crippen molar-refractivity contribution < 1.29 is 14.6 Å². The van der Waals surface area contributed by atoms with Gasteiger partial charge in [-0.05, 0) is 36.3 Å². The van der Waals surface area contributed by atoms with Gasteiger partial charge in [-0.25, -0.2) is 4.79 Å². The maximum absolute atomic E-state index is 12.9. The van der Waals surface area contributed by atoms with Crippen LogP contribution >= 0.6 is 11.6 Å². The Kier molecular flexibility index (Phi) is 5.90. The number of aromatic nitrogens is 2. The molecule has 158 valence electrons. The molecule has 9 heteroatoms. The van der Waals surface area contributed by atoms with Crippen LogP contribution in [0.15, 0.2) is 70.7 Å². The third kappa shape index (κ3) is 5.04. The van der Waals surface area contributed by atoms with Gasteiger partial charge in [0.2, 0.25) is 5.88 Å². The Balaban J connectivity index is 1.51. The second-order valence-corrected chi connectivity index (χ2v) is 7.37. The van der Waals surface area contributed by atoms with Gasteiger partial charge in [-0.15, -0.1) is 0 Å². The van der Waals surface area contributed by atoms with Crippen LogP contribution in [0, 0.1) is 0 Å². The fraction of sp³-hybridized carbons (Fsp3) is 0.136. The maximum atomic E-state index is 12.9. The first kappa shape index (κ1) is 20.5. The number of halogens is 1. The highest BCUT2D eigenvalue weighted by Crippen LogP contribution is 2.28. The van der Waals surface area contributed by atoms with Crippen LogP contribution in [0.4, 0.5) is 0 Å². The van der Waals surface area contributed by atoms with Crippen molar-refractivity contribution in [1.29, 1.82) is 0 Å². The number of benzene rings is 2. The zero-order chi connectivity index (χ0) is 21.8.